The van der Waals surface area contributed by atoms with Crippen molar-refractivity contribution in [2.24, 2.45) is 0 Å². The molecular weight excluding hydrogens is 283 g/mol. The Bertz CT molecular complexity index is 659. The third-order valence-electron chi connectivity index (χ3n) is 3.15. The molecule has 0 radical (unpaired) electrons. The molecule has 0 fully saturated rings. The maximum atomic E-state index is 13.4. The van der Waals surface area contributed by atoms with Gasteiger partial charge in [0.15, 0.2) is 0 Å². The maximum Gasteiger partial charge on any atom is 0.233 e. The first kappa shape index (κ1) is 15.7. The number of para-hydroxylation sites is 1. The Balaban J connectivity index is 1.87. The molecule has 2 amide bonds. The van der Waals surface area contributed by atoms with Crippen LogP contribution in [-0.4, -0.2) is 11.8 Å². The average molecular weight is 300 g/mol. The predicted molar refractivity (Wildman–Crippen MR) is 82.6 cm³/mol. The Morgan fingerprint density at radius 1 is 1.00 bits per heavy atom. The van der Waals surface area contributed by atoms with Gasteiger partial charge >= 0.3 is 0 Å². The summed E-state index contributed by atoms with van der Waals surface area (Å²) in [7, 11) is 0. The highest BCUT2D eigenvalue weighted by molar-refractivity contribution is 6.03. The molecule has 2 rings (SSSR count). The molecule has 0 spiro atoms. The number of rotatable bonds is 5. The van der Waals surface area contributed by atoms with Gasteiger partial charge in [0.05, 0.1) is 11.7 Å². The standard InChI is InChI=1S/C17H17FN2O2/c1-12(13-7-3-2-4-8-13)19-16(21)11-17(22)20-15-10-6-5-9-14(15)18/h2-10,12H,11H2,1H3,(H,19,21)(H,20,22). The van der Waals surface area contributed by atoms with Gasteiger partial charge in [-0.3, -0.25) is 9.59 Å². The van der Waals surface area contributed by atoms with E-state index in [0.717, 1.165) is 5.56 Å². The topological polar surface area (TPSA) is 58.2 Å². The Hall–Kier alpha value is -2.69. The highest BCUT2D eigenvalue weighted by atomic mass is 19.1. The van der Waals surface area contributed by atoms with E-state index in [1.807, 2.05) is 37.3 Å². The fourth-order valence-corrected chi connectivity index (χ4v) is 2.02. The van der Waals surface area contributed by atoms with Crippen LogP contribution in [0, 0.1) is 5.82 Å². The number of hydrogen-bond acceptors (Lipinski definition) is 2. The molecule has 0 heterocycles. The van der Waals surface area contributed by atoms with Gasteiger partial charge in [-0.25, -0.2) is 4.39 Å². The van der Waals surface area contributed by atoms with E-state index in [0.29, 0.717) is 0 Å². The zero-order valence-corrected chi connectivity index (χ0v) is 12.2. The summed E-state index contributed by atoms with van der Waals surface area (Å²) in [5.41, 5.74) is 1.02. The van der Waals surface area contributed by atoms with Crippen molar-refractivity contribution in [2.45, 2.75) is 19.4 Å². The van der Waals surface area contributed by atoms with Gasteiger partial charge in [0.2, 0.25) is 11.8 Å². The average Bonchev–Trinajstić information content (AvgIpc) is 2.50. The van der Waals surface area contributed by atoms with E-state index in [2.05, 4.69) is 10.6 Å². The number of nitrogens with one attached hydrogen (secondary N) is 2. The van der Waals surface area contributed by atoms with Crippen LogP contribution in [0.5, 0.6) is 0 Å². The Labute approximate surface area is 128 Å². The van der Waals surface area contributed by atoms with E-state index in [1.54, 1.807) is 6.07 Å². The minimum absolute atomic E-state index is 0.0661. The molecule has 0 saturated heterocycles. The van der Waals surface area contributed by atoms with Crippen LogP contribution in [0.15, 0.2) is 54.6 Å². The summed E-state index contributed by atoms with van der Waals surface area (Å²) in [6.07, 6.45) is -0.356. The number of hydrogen-bond donors (Lipinski definition) is 2. The Kier molecular flexibility index (Phi) is 5.25. The number of amides is 2. The summed E-state index contributed by atoms with van der Waals surface area (Å²) in [5, 5.41) is 5.11. The van der Waals surface area contributed by atoms with Crippen molar-refractivity contribution >= 4 is 17.5 Å². The summed E-state index contributed by atoms with van der Waals surface area (Å²) in [5.74, 6) is -1.50. The molecule has 0 aliphatic rings. The van der Waals surface area contributed by atoms with E-state index < -0.39 is 17.6 Å². The molecule has 0 aromatic heterocycles. The van der Waals surface area contributed by atoms with Crippen LogP contribution >= 0.6 is 0 Å². The summed E-state index contributed by atoms with van der Waals surface area (Å²) in [4.78, 5) is 23.6. The van der Waals surface area contributed by atoms with E-state index in [1.165, 1.54) is 18.2 Å². The summed E-state index contributed by atoms with van der Waals surface area (Å²) < 4.78 is 13.4. The van der Waals surface area contributed by atoms with Gasteiger partial charge < -0.3 is 10.6 Å². The maximum absolute atomic E-state index is 13.4. The van der Waals surface area contributed by atoms with Crippen molar-refractivity contribution in [3.8, 4) is 0 Å². The second kappa shape index (κ2) is 7.36. The number of carbonyl (C=O) groups is 2. The lowest BCUT2D eigenvalue weighted by molar-refractivity contribution is -0.127. The highest BCUT2D eigenvalue weighted by Gasteiger charge is 2.14. The third-order valence-corrected chi connectivity index (χ3v) is 3.15. The summed E-state index contributed by atoms with van der Waals surface area (Å²) in [6.45, 7) is 1.84. The predicted octanol–water partition coefficient (Wildman–Crippen LogP) is 3.03. The van der Waals surface area contributed by atoms with Crippen LogP contribution in [0.25, 0.3) is 0 Å². The lowest BCUT2D eigenvalue weighted by atomic mass is 10.1. The number of halogens is 1. The molecule has 0 saturated carbocycles. The van der Waals surface area contributed by atoms with Crippen molar-refractivity contribution in [3.63, 3.8) is 0 Å². The van der Waals surface area contributed by atoms with Gasteiger partial charge in [0.1, 0.15) is 12.2 Å². The number of anilines is 1. The molecule has 2 N–H and O–H groups in total. The zero-order valence-electron chi connectivity index (χ0n) is 12.2. The first-order chi connectivity index (χ1) is 10.6. The molecule has 2 aromatic carbocycles. The Morgan fingerprint density at radius 3 is 2.32 bits per heavy atom. The van der Waals surface area contributed by atoms with E-state index >= 15 is 0 Å². The largest absolute Gasteiger partial charge is 0.349 e. The third kappa shape index (κ3) is 4.41. The van der Waals surface area contributed by atoms with Crippen LogP contribution < -0.4 is 10.6 Å². The molecule has 0 aliphatic heterocycles. The van der Waals surface area contributed by atoms with Crippen LogP contribution in [0.1, 0.15) is 24.9 Å². The molecular formula is C17H17FN2O2. The lowest BCUT2D eigenvalue weighted by Gasteiger charge is -2.14. The molecule has 114 valence electrons. The highest BCUT2D eigenvalue weighted by Crippen LogP contribution is 2.13. The first-order valence-electron chi connectivity index (χ1n) is 6.95. The van der Waals surface area contributed by atoms with E-state index in [-0.39, 0.29) is 18.2 Å². The molecule has 4 nitrogen and oxygen atoms in total. The van der Waals surface area contributed by atoms with Crippen LogP contribution in [0.2, 0.25) is 0 Å². The van der Waals surface area contributed by atoms with Gasteiger partial charge in [-0.2, -0.15) is 0 Å². The van der Waals surface area contributed by atoms with Gasteiger partial charge in [-0.1, -0.05) is 42.5 Å². The molecule has 22 heavy (non-hydrogen) atoms. The molecule has 0 bridgehead atoms. The fraction of sp³-hybridized carbons (Fsp3) is 0.176. The fourth-order valence-electron chi connectivity index (χ4n) is 2.02. The molecule has 2 aromatic rings. The van der Waals surface area contributed by atoms with E-state index in [4.69, 9.17) is 0 Å². The summed E-state index contributed by atoms with van der Waals surface area (Å²) in [6, 6.07) is 15.1. The van der Waals surface area contributed by atoms with Gasteiger partial charge in [0.25, 0.3) is 0 Å². The monoisotopic (exact) mass is 300 g/mol. The van der Waals surface area contributed by atoms with Crippen molar-refractivity contribution in [2.75, 3.05) is 5.32 Å². The number of carbonyl (C=O) groups excluding carboxylic acids is 2. The second-order valence-electron chi connectivity index (χ2n) is 4.90. The molecule has 0 aliphatic carbocycles. The lowest BCUT2D eigenvalue weighted by Crippen LogP contribution is -2.30. The summed E-state index contributed by atoms with van der Waals surface area (Å²) >= 11 is 0. The minimum Gasteiger partial charge on any atom is -0.349 e. The zero-order chi connectivity index (χ0) is 15.9. The van der Waals surface area contributed by atoms with Crippen molar-refractivity contribution in [1.29, 1.82) is 0 Å². The second-order valence-corrected chi connectivity index (χ2v) is 4.90. The van der Waals surface area contributed by atoms with Crippen LogP contribution in [-0.2, 0) is 9.59 Å². The normalized spacial score (nSPS) is 11.5. The number of benzene rings is 2. The Morgan fingerprint density at radius 2 is 1.64 bits per heavy atom. The quantitative estimate of drug-likeness (QED) is 0.834. The smallest absolute Gasteiger partial charge is 0.233 e. The van der Waals surface area contributed by atoms with Gasteiger partial charge in [-0.15, -0.1) is 0 Å². The van der Waals surface area contributed by atoms with Crippen LogP contribution in [0.4, 0.5) is 10.1 Å². The van der Waals surface area contributed by atoms with E-state index in [9.17, 15) is 14.0 Å². The van der Waals surface area contributed by atoms with Crippen molar-refractivity contribution in [1.82, 2.24) is 5.32 Å². The van der Waals surface area contributed by atoms with Gasteiger partial charge in [-0.05, 0) is 24.6 Å². The first-order valence-corrected chi connectivity index (χ1v) is 6.95. The van der Waals surface area contributed by atoms with Crippen molar-refractivity contribution < 1.29 is 14.0 Å². The van der Waals surface area contributed by atoms with Crippen molar-refractivity contribution in [3.05, 3.63) is 66.0 Å². The SMILES string of the molecule is CC(NC(=O)CC(=O)Nc1ccccc1F)c1ccccc1. The van der Waals surface area contributed by atoms with Crippen LogP contribution in [0.3, 0.4) is 0 Å². The van der Waals surface area contributed by atoms with Gasteiger partial charge in [0, 0.05) is 0 Å². The minimum atomic E-state index is -0.553. The molecule has 1 atom stereocenters. The molecule has 5 heteroatoms. The molecule has 1 unspecified atom stereocenters.